The number of aromatic amines is 1. The molecule has 4 N–H and O–H groups in total. The van der Waals surface area contributed by atoms with Gasteiger partial charge >= 0.3 is 0 Å². The number of carbonyl (C=O) groups excluding carboxylic acids is 1. The average Bonchev–Trinajstić information content (AvgIpc) is 2.47. The second-order valence-electron chi connectivity index (χ2n) is 5.10. The number of hydrogen-bond donors (Lipinski definition) is 3. The highest BCUT2D eigenvalue weighted by molar-refractivity contribution is 6.06. The highest BCUT2D eigenvalue weighted by Gasteiger charge is 2.16. The van der Waals surface area contributed by atoms with Crippen molar-refractivity contribution in [2.45, 2.75) is 32.6 Å². The first-order valence-corrected chi connectivity index (χ1v) is 7.33. The highest BCUT2D eigenvalue weighted by atomic mass is 16.2. The zero-order chi connectivity index (χ0) is 15.2. The Morgan fingerprint density at radius 2 is 2.00 bits per heavy atom. The van der Waals surface area contributed by atoms with Crippen LogP contribution in [0.15, 0.2) is 29.1 Å². The summed E-state index contributed by atoms with van der Waals surface area (Å²) >= 11 is 0. The summed E-state index contributed by atoms with van der Waals surface area (Å²) in [6.45, 7) is 2.69. The number of H-pyrrole nitrogens is 1. The number of benzene rings is 1. The van der Waals surface area contributed by atoms with Gasteiger partial charge in [0.2, 0.25) is 0 Å². The Morgan fingerprint density at radius 3 is 2.76 bits per heavy atom. The first-order valence-electron chi connectivity index (χ1n) is 7.33. The third-order valence-corrected chi connectivity index (χ3v) is 3.50. The molecule has 0 aliphatic rings. The maximum absolute atomic E-state index is 12.2. The van der Waals surface area contributed by atoms with E-state index in [1.165, 1.54) is 0 Å². The largest absolute Gasteiger partial charge is 0.397 e. The Morgan fingerprint density at radius 1 is 1.24 bits per heavy atom. The van der Waals surface area contributed by atoms with E-state index in [0.29, 0.717) is 17.4 Å². The molecule has 1 aromatic carbocycles. The van der Waals surface area contributed by atoms with Gasteiger partial charge in [0.25, 0.3) is 11.5 Å². The van der Waals surface area contributed by atoms with E-state index in [4.69, 9.17) is 5.73 Å². The zero-order valence-corrected chi connectivity index (χ0v) is 12.2. The predicted molar refractivity (Wildman–Crippen MR) is 85.5 cm³/mol. The number of nitrogen functional groups attached to an aromatic ring is 1. The Labute approximate surface area is 123 Å². The second-order valence-corrected chi connectivity index (χ2v) is 5.10. The van der Waals surface area contributed by atoms with Crippen LogP contribution in [-0.4, -0.2) is 17.4 Å². The fourth-order valence-corrected chi connectivity index (χ4v) is 2.34. The van der Waals surface area contributed by atoms with Crippen molar-refractivity contribution >= 4 is 22.5 Å². The van der Waals surface area contributed by atoms with Crippen molar-refractivity contribution in [2.24, 2.45) is 0 Å². The number of hydrogen-bond acceptors (Lipinski definition) is 3. The van der Waals surface area contributed by atoms with E-state index < -0.39 is 11.5 Å². The molecule has 1 heterocycles. The van der Waals surface area contributed by atoms with Crippen molar-refractivity contribution in [2.75, 3.05) is 12.3 Å². The van der Waals surface area contributed by atoms with Crippen molar-refractivity contribution in [3.05, 3.63) is 40.2 Å². The summed E-state index contributed by atoms with van der Waals surface area (Å²) in [5.74, 6) is -0.406. The minimum atomic E-state index is -0.447. The van der Waals surface area contributed by atoms with Gasteiger partial charge in [-0.25, -0.2) is 0 Å². The van der Waals surface area contributed by atoms with Gasteiger partial charge in [0.1, 0.15) is 5.56 Å². The lowest BCUT2D eigenvalue weighted by atomic mass is 10.1. The van der Waals surface area contributed by atoms with E-state index in [-0.39, 0.29) is 11.3 Å². The summed E-state index contributed by atoms with van der Waals surface area (Å²) < 4.78 is 0. The fraction of sp³-hybridized carbons (Fsp3) is 0.375. The van der Waals surface area contributed by atoms with E-state index >= 15 is 0 Å². The molecule has 5 heteroatoms. The van der Waals surface area contributed by atoms with E-state index in [1.807, 2.05) is 12.1 Å². The molecular weight excluding hydrogens is 266 g/mol. The molecule has 21 heavy (non-hydrogen) atoms. The lowest BCUT2D eigenvalue weighted by Crippen LogP contribution is -2.31. The molecule has 0 fully saturated rings. The van der Waals surface area contributed by atoms with Gasteiger partial charge in [0.15, 0.2) is 0 Å². The second kappa shape index (κ2) is 6.92. The first kappa shape index (κ1) is 15.1. The zero-order valence-electron chi connectivity index (χ0n) is 12.2. The molecule has 0 radical (unpaired) electrons. The van der Waals surface area contributed by atoms with Crippen LogP contribution in [-0.2, 0) is 0 Å². The average molecular weight is 287 g/mol. The Hall–Kier alpha value is -2.30. The van der Waals surface area contributed by atoms with Crippen LogP contribution in [0.2, 0.25) is 0 Å². The molecule has 0 bridgehead atoms. The molecule has 0 spiro atoms. The Bertz CT molecular complexity index is 691. The monoisotopic (exact) mass is 287 g/mol. The van der Waals surface area contributed by atoms with Gasteiger partial charge in [-0.1, -0.05) is 44.4 Å². The summed E-state index contributed by atoms with van der Waals surface area (Å²) in [7, 11) is 0. The molecule has 0 saturated heterocycles. The number of aromatic nitrogens is 1. The number of anilines is 1. The minimum absolute atomic E-state index is 0.00388. The number of carbonyl (C=O) groups is 1. The van der Waals surface area contributed by atoms with Crippen LogP contribution in [0, 0.1) is 0 Å². The van der Waals surface area contributed by atoms with Crippen molar-refractivity contribution < 1.29 is 4.79 Å². The SMILES string of the molecule is CCCCCCNC(=O)c1c(N)c2ccccc2[nH]c1=O. The quantitative estimate of drug-likeness (QED) is 0.713. The molecule has 0 aliphatic heterocycles. The maximum atomic E-state index is 12.2. The molecule has 1 aromatic heterocycles. The Kier molecular flexibility index (Phi) is 4.98. The van der Waals surface area contributed by atoms with Crippen molar-refractivity contribution in [1.82, 2.24) is 10.3 Å². The van der Waals surface area contributed by atoms with Crippen molar-refractivity contribution in [3.8, 4) is 0 Å². The molecule has 5 nitrogen and oxygen atoms in total. The summed E-state index contributed by atoms with van der Waals surface area (Å²) in [5.41, 5.74) is 6.42. The number of fused-ring (bicyclic) bond motifs is 1. The molecule has 0 saturated carbocycles. The van der Waals surface area contributed by atoms with Gasteiger partial charge < -0.3 is 16.0 Å². The minimum Gasteiger partial charge on any atom is -0.397 e. The fourth-order valence-electron chi connectivity index (χ4n) is 2.34. The van der Waals surface area contributed by atoms with Gasteiger partial charge in [-0.3, -0.25) is 9.59 Å². The van der Waals surface area contributed by atoms with Crippen LogP contribution in [0.25, 0.3) is 10.9 Å². The van der Waals surface area contributed by atoms with E-state index in [9.17, 15) is 9.59 Å². The van der Waals surface area contributed by atoms with Crippen LogP contribution in [0.4, 0.5) is 5.69 Å². The number of unbranched alkanes of at least 4 members (excludes halogenated alkanes) is 3. The number of amides is 1. The van der Waals surface area contributed by atoms with Gasteiger partial charge in [-0.15, -0.1) is 0 Å². The molecule has 2 rings (SSSR count). The summed E-state index contributed by atoms with van der Waals surface area (Å²) in [6, 6.07) is 7.19. The van der Waals surface area contributed by atoms with Crippen molar-refractivity contribution in [1.29, 1.82) is 0 Å². The third-order valence-electron chi connectivity index (χ3n) is 3.50. The topological polar surface area (TPSA) is 88.0 Å². The predicted octanol–water partition coefficient (Wildman–Crippen LogP) is 2.42. The summed E-state index contributed by atoms with van der Waals surface area (Å²) in [5, 5.41) is 3.45. The molecule has 0 aliphatic carbocycles. The molecule has 0 unspecified atom stereocenters. The lowest BCUT2D eigenvalue weighted by Gasteiger charge is -2.09. The first-order chi connectivity index (χ1) is 10.1. The van der Waals surface area contributed by atoms with Gasteiger partial charge in [0.05, 0.1) is 11.2 Å². The van der Waals surface area contributed by atoms with Gasteiger partial charge in [0, 0.05) is 11.9 Å². The Balaban J connectivity index is 2.17. The highest BCUT2D eigenvalue weighted by Crippen LogP contribution is 2.19. The van der Waals surface area contributed by atoms with Crippen LogP contribution >= 0.6 is 0 Å². The standard InChI is InChI=1S/C16H21N3O2/c1-2-3-4-7-10-18-15(20)13-14(17)11-8-5-6-9-12(11)19-16(13)21/h5-6,8-9H,2-4,7,10H2,1H3,(H,18,20)(H3,17,19,21). The summed E-state index contributed by atoms with van der Waals surface area (Å²) in [6.07, 6.45) is 4.27. The van der Waals surface area contributed by atoms with Crippen LogP contribution in [0.1, 0.15) is 43.0 Å². The third kappa shape index (κ3) is 3.42. The molecule has 0 atom stereocenters. The molecular formula is C16H21N3O2. The lowest BCUT2D eigenvalue weighted by molar-refractivity contribution is 0.0952. The smallest absolute Gasteiger partial charge is 0.263 e. The van der Waals surface area contributed by atoms with E-state index in [1.54, 1.807) is 12.1 Å². The van der Waals surface area contributed by atoms with Gasteiger partial charge in [-0.05, 0) is 12.5 Å². The molecule has 112 valence electrons. The normalized spacial score (nSPS) is 10.7. The summed E-state index contributed by atoms with van der Waals surface area (Å²) in [4.78, 5) is 26.9. The van der Waals surface area contributed by atoms with E-state index in [0.717, 1.165) is 25.7 Å². The van der Waals surface area contributed by atoms with E-state index in [2.05, 4.69) is 17.2 Å². The maximum Gasteiger partial charge on any atom is 0.263 e. The number of nitrogens with one attached hydrogen (secondary N) is 2. The molecule has 1 amide bonds. The van der Waals surface area contributed by atoms with Crippen LogP contribution in [0.3, 0.4) is 0 Å². The van der Waals surface area contributed by atoms with Gasteiger partial charge in [-0.2, -0.15) is 0 Å². The van der Waals surface area contributed by atoms with Crippen LogP contribution in [0.5, 0.6) is 0 Å². The number of rotatable bonds is 6. The number of pyridine rings is 1. The van der Waals surface area contributed by atoms with Crippen LogP contribution < -0.4 is 16.6 Å². The molecule has 2 aromatic rings. The number of nitrogens with two attached hydrogens (primary N) is 1. The van der Waals surface area contributed by atoms with Crippen molar-refractivity contribution in [3.63, 3.8) is 0 Å². The number of para-hydroxylation sites is 1.